The van der Waals surface area contributed by atoms with Gasteiger partial charge in [-0.3, -0.25) is 9.69 Å². The number of benzene rings is 1. The fraction of sp³-hybridized carbons (Fsp3) is 0.611. The summed E-state index contributed by atoms with van der Waals surface area (Å²) in [7, 11) is 0. The summed E-state index contributed by atoms with van der Waals surface area (Å²) < 4.78 is 6.06. The van der Waals surface area contributed by atoms with Gasteiger partial charge in [0.1, 0.15) is 11.9 Å². The molecule has 0 bridgehead atoms. The van der Waals surface area contributed by atoms with E-state index in [1.807, 2.05) is 11.0 Å². The zero-order chi connectivity index (χ0) is 17.6. The van der Waals surface area contributed by atoms with E-state index >= 15 is 0 Å². The maximum absolute atomic E-state index is 12.3. The summed E-state index contributed by atoms with van der Waals surface area (Å²) in [5.41, 5.74) is 0. The molecule has 5 nitrogen and oxygen atoms in total. The summed E-state index contributed by atoms with van der Waals surface area (Å²) in [6.07, 6.45) is 2.80. The lowest BCUT2D eigenvalue weighted by molar-refractivity contribution is -0.132. The molecule has 146 valence electrons. The van der Waals surface area contributed by atoms with Crippen LogP contribution in [-0.4, -0.2) is 67.6 Å². The minimum atomic E-state index is 0. The van der Waals surface area contributed by atoms with Crippen LogP contribution in [0.3, 0.4) is 0 Å². The van der Waals surface area contributed by atoms with E-state index in [1.165, 1.54) is 0 Å². The van der Waals surface area contributed by atoms with Crippen LogP contribution in [-0.2, 0) is 4.79 Å². The molecular formula is C18H26Cl3N3O2. The molecule has 0 saturated carbocycles. The number of piperazine rings is 1. The molecule has 2 heterocycles. The van der Waals surface area contributed by atoms with Crippen LogP contribution in [0.15, 0.2) is 18.2 Å². The van der Waals surface area contributed by atoms with E-state index in [0.29, 0.717) is 16.5 Å². The number of piperidine rings is 1. The quantitative estimate of drug-likeness (QED) is 0.792. The van der Waals surface area contributed by atoms with E-state index in [1.54, 1.807) is 12.1 Å². The van der Waals surface area contributed by atoms with Gasteiger partial charge in [-0.15, -0.1) is 12.4 Å². The molecule has 3 rings (SSSR count). The van der Waals surface area contributed by atoms with Crippen LogP contribution in [0.1, 0.15) is 19.3 Å². The van der Waals surface area contributed by atoms with Crippen molar-refractivity contribution in [3.8, 4) is 5.75 Å². The Kier molecular flexibility index (Phi) is 8.77. The van der Waals surface area contributed by atoms with Crippen LogP contribution in [0.2, 0.25) is 10.0 Å². The molecule has 0 aliphatic carbocycles. The van der Waals surface area contributed by atoms with E-state index in [9.17, 15) is 4.79 Å². The first-order valence-corrected chi connectivity index (χ1v) is 9.70. The summed E-state index contributed by atoms with van der Waals surface area (Å²) in [4.78, 5) is 16.6. The summed E-state index contributed by atoms with van der Waals surface area (Å²) in [5.74, 6) is 1.01. The SMILES string of the molecule is Cl.O=C(CCN1CCCC(Oc2ccc(Cl)c(Cl)c2)C1)N1CCNCC1. The minimum absolute atomic E-state index is 0. The molecule has 2 aliphatic rings. The Balaban J connectivity index is 0.00000243. The van der Waals surface area contributed by atoms with Gasteiger partial charge in [-0.05, 0) is 31.5 Å². The molecule has 2 saturated heterocycles. The van der Waals surface area contributed by atoms with Crippen molar-refractivity contribution < 1.29 is 9.53 Å². The van der Waals surface area contributed by atoms with Crippen LogP contribution in [0.4, 0.5) is 0 Å². The molecule has 2 aliphatic heterocycles. The Morgan fingerprint density at radius 1 is 1.19 bits per heavy atom. The molecule has 0 spiro atoms. The van der Waals surface area contributed by atoms with Crippen LogP contribution in [0.25, 0.3) is 0 Å². The third-order valence-corrected chi connectivity index (χ3v) is 5.51. The lowest BCUT2D eigenvalue weighted by Crippen LogP contribution is -2.48. The molecule has 0 radical (unpaired) electrons. The first-order chi connectivity index (χ1) is 12.1. The highest BCUT2D eigenvalue weighted by Gasteiger charge is 2.23. The van der Waals surface area contributed by atoms with Gasteiger partial charge in [0, 0.05) is 51.8 Å². The third-order valence-electron chi connectivity index (χ3n) is 4.77. The van der Waals surface area contributed by atoms with E-state index in [-0.39, 0.29) is 24.4 Å². The van der Waals surface area contributed by atoms with Gasteiger partial charge in [-0.2, -0.15) is 0 Å². The molecule has 1 amide bonds. The van der Waals surface area contributed by atoms with E-state index in [2.05, 4.69) is 10.2 Å². The maximum Gasteiger partial charge on any atom is 0.223 e. The number of hydrogen-bond donors (Lipinski definition) is 1. The van der Waals surface area contributed by atoms with Crippen LogP contribution in [0, 0.1) is 0 Å². The molecule has 2 fully saturated rings. The third kappa shape index (κ3) is 6.17. The largest absolute Gasteiger partial charge is 0.489 e. The first kappa shape index (κ1) is 21.6. The summed E-state index contributed by atoms with van der Waals surface area (Å²) >= 11 is 12.0. The Labute approximate surface area is 171 Å². The van der Waals surface area contributed by atoms with Gasteiger partial charge < -0.3 is 15.0 Å². The van der Waals surface area contributed by atoms with Crippen molar-refractivity contribution in [3.05, 3.63) is 28.2 Å². The van der Waals surface area contributed by atoms with Crippen molar-refractivity contribution in [1.82, 2.24) is 15.1 Å². The van der Waals surface area contributed by atoms with Gasteiger partial charge in [0.2, 0.25) is 5.91 Å². The predicted molar refractivity (Wildman–Crippen MR) is 108 cm³/mol. The molecule has 26 heavy (non-hydrogen) atoms. The van der Waals surface area contributed by atoms with Crippen molar-refractivity contribution in [2.24, 2.45) is 0 Å². The number of halogens is 3. The maximum atomic E-state index is 12.3. The number of nitrogens with zero attached hydrogens (tertiary/aromatic N) is 2. The fourth-order valence-electron chi connectivity index (χ4n) is 3.38. The second kappa shape index (κ2) is 10.6. The normalized spacial score (nSPS) is 21.2. The molecule has 1 atom stereocenters. The average molecular weight is 423 g/mol. The second-order valence-electron chi connectivity index (χ2n) is 6.64. The Hall–Kier alpha value is -0.720. The first-order valence-electron chi connectivity index (χ1n) is 8.94. The Bertz CT molecular complexity index is 597. The fourth-order valence-corrected chi connectivity index (χ4v) is 3.67. The standard InChI is InChI=1S/C18H25Cl2N3O2.ClH/c19-16-4-3-14(12-17(16)20)25-15-2-1-8-22(13-15)9-5-18(24)23-10-6-21-7-11-23;/h3-4,12,15,21H,1-2,5-11,13H2;1H. The van der Waals surface area contributed by atoms with Gasteiger partial charge in [-0.25, -0.2) is 0 Å². The highest BCUT2D eigenvalue weighted by Crippen LogP contribution is 2.28. The van der Waals surface area contributed by atoms with Gasteiger partial charge in [0.05, 0.1) is 10.0 Å². The highest BCUT2D eigenvalue weighted by molar-refractivity contribution is 6.42. The lowest BCUT2D eigenvalue weighted by Gasteiger charge is -2.33. The number of carbonyl (C=O) groups is 1. The van der Waals surface area contributed by atoms with Gasteiger partial charge in [-0.1, -0.05) is 23.2 Å². The summed E-state index contributed by atoms with van der Waals surface area (Å²) in [5, 5.41) is 4.31. The lowest BCUT2D eigenvalue weighted by atomic mass is 10.1. The highest BCUT2D eigenvalue weighted by atomic mass is 35.5. The monoisotopic (exact) mass is 421 g/mol. The van der Waals surface area contributed by atoms with E-state index in [4.69, 9.17) is 27.9 Å². The zero-order valence-corrected chi connectivity index (χ0v) is 17.1. The van der Waals surface area contributed by atoms with Crippen molar-refractivity contribution in [2.75, 3.05) is 45.8 Å². The molecule has 1 aromatic carbocycles. The minimum Gasteiger partial charge on any atom is -0.489 e. The molecule has 1 aromatic rings. The average Bonchev–Trinajstić information content (AvgIpc) is 2.64. The van der Waals surface area contributed by atoms with Gasteiger partial charge in [0.15, 0.2) is 0 Å². The Morgan fingerprint density at radius 2 is 1.96 bits per heavy atom. The predicted octanol–water partition coefficient (Wildman–Crippen LogP) is 3.08. The number of carbonyl (C=O) groups excluding carboxylic acids is 1. The second-order valence-corrected chi connectivity index (χ2v) is 7.45. The van der Waals surface area contributed by atoms with Crippen molar-refractivity contribution >= 4 is 41.5 Å². The number of rotatable bonds is 5. The molecule has 8 heteroatoms. The molecular weight excluding hydrogens is 397 g/mol. The molecule has 1 unspecified atom stereocenters. The molecule has 1 N–H and O–H groups in total. The summed E-state index contributed by atoms with van der Waals surface area (Å²) in [6, 6.07) is 5.36. The number of likely N-dealkylation sites (tertiary alicyclic amines) is 1. The van der Waals surface area contributed by atoms with Crippen molar-refractivity contribution in [1.29, 1.82) is 0 Å². The zero-order valence-electron chi connectivity index (χ0n) is 14.8. The number of nitrogens with one attached hydrogen (secondary N) is 1. The van der Waals surface area contributed by atoms with E-state index in [0.717, 1.165) is 64.4 Å². The van der Waals surface area contributed by atoms with Gasteiger partial charge >= 0.3 is 0 Å². The van der Waals surface area contributed by atoms with Crippen molar-refractivity contribution in [3.63, 3.8) is 0 Å². The van der Waals surface area contributed by atoms with E-state index < -0.39 is 0 Å². The smallest absolute Gasteiger partial charge is 0.223 e. The van der Waals surface area contributed by atoms with Gasteiger partial charge in [0.25, 0.3) is 0 Å². The van der Waals surface area contributed by atoms with Crippen molar-refractivity contribution in [2.45, 2.75) is 25.4 Å². The van der Waals surface area contributed by atoms with Crippen LogP contribution >= 0.6 is 35.6 Å². The van der Waals surface area contributed by atoms with Crippen LogP contribution < -0.4 is 10.1 Å². The number of amides is 1. The topological polar surface area (TPSA) is 44.8 Å². The van der Waals surface area contributed by atoms with Crippen LogP contribution in [0.5, 0.6) is 5.75 Å². The Morgan fingerprint density at radius 3 is 2.69 bits per heavy atom. The molecule has 0 aromatic heterocycles. The number of ether oxygens (including phenoxy) is 1. The summed E-state index contributed by atoms with van der Waals surface area (Å²) in [6.45, 7) is 6.10. The number of hydrogen-bond acceptors (Lipinski definition) is 4.